The van der Waals surface area contributed by atoms with Crippen molar-refractivity contribution in [1.82, 2.24) is 20.4 Å². The lowest BCUT2D eigenvalue weighted by Crippen LogP contribution is -2.44. The summed E-state index contributed by atoms with van der Waals surface area (Å²) in [5.41, 5.74) is 1.11. The molecule has 1 aromatic carbocycles. The van der Waals surface area contributed by atoms with Crippen LogP contribution in [0, 0.1) is 0 Å². The zero-order chi connectivity index (χ0) is 20.2. The Kier molecular flexibility index (Phi) is 13.7. The van der Waals surface area contributed by atoms with Crippen molar-refractivity contribution in [2.24, 2.45) is 4.99 Å². The lowest BCUT2D eigenvalue weighted by molar-refractivity contribution is 0.152. The van der Waals surface area contributed by atoms with Gasteiger partial charge in [-0.05, 0) is 57.5 Å². The van der Waals surface area contributed by atoms with Gasteiger partial charge < -0.3 is 25.2 Å². The van der Waals surface area contributed by atoms with Crippen molar-refractivity contribution < 1.29 is 4.74 Å². The SMILES string of the molecule is CCNC(=NCCCCN1CCN(C)CC1)NCCc1ccc(OC)cc1Cl.I. The quantitative estimate of drug-likeness (QED) is 0.208. The maximum atomic E-state index is 6.31. The highest BCUT2D eigenvalue weighted by Gasteiger charge is 2.12. The van der Waals surface area contributed by atoms with E-state index in [1.54, 1.807) is 7.11 Å². The molecule has 2 N–H and O–H groups in total. The van der Waals surface area contributed by atoms with E-state index in [0.717, 1.165) is 54.8 Å². The zero-order valence-corrected chi connectivity index (χ0v) is 21.1. The van der Waals surface area contributed by atoms with E-state index in [1.165, 1.54) is 39.1 Å². The number of hydrogen-bond acceptors (Lipinski definition) is 4. The van der Waals surface area contributed by atoms with Crippen molar-refractivity contribution >= 4 is 41.5 Å². The molecule has 1 heterocycles. The summed E-state index contributed by atoms with van der Waals surface area (Å²) in [6.07, 6.45) is 3.16. The average Bonchev–Trinajstić information content (AvgIpc) is 2.70. The molecule has 1 fully saturated rings. The first-order valence-corrected chi connectivity index (χ1v) is 10.8. The molecule has 0 aromatic heterocycles. The van der Waals surface area contributed by atoms with Crippen molar-refractivity contribution in [3.63, 3.8) is 0 Å². The molecule has 1 saturated heterocycles. The number of halogens is 2. The van der Waals surface area contributed by atoms with Gasteiger partial charge in [-0.1, -0.05) is 17.7 Å². The fraction of sp³-hybridized carbons (Fsp3) is 0.667. The van der Waals surface area contributed by atoms with E-state index in [1.807, 2.05) is 18.2 Å². The first kappa shape index (κ1) is 26.3. The third-order valence-electron chi connectivity index (χ3n) is 5.04. The van der Waals surface area contributed by atoms with Gasteiger partial charge in [0.05, 0.1) is 7.11 Å². The second kappa shape index (κ2) is 15.1. The van der Waals surface area contributed by atoms with Crippen LogP contribution in [0.5, 0.6) is 5.75 Å². The van der Waals surface area contributed by atoms with Gasteiger partial charge in [-0.2, -0.15) is 0 Å². The summed E-state index contributed by atoms with van der Waals surface area (Å²) in [6.45, 7) is 10.5. The maximum absolute atomic E-state index is 6.31. The molecule has 0 spiro atoms. The predicted molar refractivity (Wildman–Crippen MR) is 134 cm³/mol. The summed E-state index contributed by atoms with van der Waals surface area (Å²) in [6, 6.07) is 5.82. The molecule has 8 heteroatoms. The van der Waals surface area contributed by atoms with E-state index < -0.39 is 0 Å². The highest BCUT2D eigenvalue weighted by Crippen LogP contribution is 2.22. The predicted octanol–water partition coefficient (Wildman–Crippen LogP) is 3.09. The smallest absolute Gasteiger partial charge is 0.191 e. The first-order valence-electron chi connectivity index (χ1n) is 10.4. The van der Waals surface area contributed by atoms with E-state index in [9.17, 15) is 0 Å². The third-order valence-corrected chi connectivity index (χ3v) is 5.39. The van der Waals surface area contributed by atoms with Crippen LogP contribution in [-0.2, 0) is 6.42 Å². The van der Waals surface area contributed by atoms with Crippen LogP contribution in [0.2, 0.25) is 5.02 Å². The van der Waals surface area contributed by atoms with Crippen LogP contribution in [0.3, 0.4) is 0 Å². The van der Waals surface area contributed by atoms with Gasteiger partial charge in [-0.25, -0.2) is 0 Å². The second-order valence-corrected chi connectivity index (χ2v) is 7.65. The Bertz CT molecular complexity index is 609. The number of methoxy groups -OCH3 is 1. The van der Waals surface area contributed by atoms with Gasteiger partial charge in [0.15, 0.2) is 5.96 Å². The average molecular weight is 538 g/mol. The number of nitrogens with zero attached hydrogens (tertiary/aromatic N) is 3. The Balaban J connectivity index is 0.00000420. The van der Waals surface area contributed by atoms with Crippen LogP contribution in [-0.4, -0.2) is 82.3 Å². The molecule has 1 aromatic rings. The number of nitrogens with one attached hydrogen (secondary N) is 2. The van der Waals surface area contributed by atoms with Crippen LogP contribution in [0.4, 0.5) is 0 Å². The minimum absolute atomic E-state index is 0. The fourth-order valence-electron chi connectivity index (χ4n) is 3.22. The highest BCUT2D eigenvalue weighted by atomic mass is 127. The molecule has 0 aliphatic carbocycles. The van der Waals surface area contributed by atoms with E-state index in [-0.39, 0.29) is 24.0 Å². The largest absolute Gasteiger partial charge is 0.497 e. The number of benzene rings is 1. The molecule has 2 rings (SSSR count). The lowest BCUT2D eigenvalue weighted by atomic mass is 10.1. The summed E-state index contributed by atoms with van der Waals surface area (Å²) in [5, 5.41) is 7.46. The number of piperazine rings is 1. The van der Waals surface area contributed by atoms with Gasteiger partial charge in [-0.3, -0.25) is 4.99 Å². The Morgan fingerprint density at radius 2 is 1.93 bits per heavy atom. The molecule has 1 aliphatic rings. The van der Waals surface area contributed by atoms with Gasteiger partial charge in [0.1, 0.15) is 5.75 Å². The van der Waals surface area contributed by atoms with Gasteiger partial charge in [0.2, 0.25) is 0 Å². The topological polar surface area (TPSA) is 52.1 Å². The number of hydrogen-bond donors (Lipinski definition) is 2. The Morgan fingerprint density at radius 1 is 1.17 bits per heavy atom. The summed E-state index contributed by atoms with van der Waals surface area (Å²) in [4.78, 5) is 9.66. The van der Waals surface area contributed by atoms with Gasteiger partial charge in [0.25, 0.3) is 0 Å². The second-order valence-electron chi connectivity index (χ2n) is 7.25. The zero-order valence-electron chi connectivity index (χ0n) is 18.0. The molecule has 0 amide bonds. The third kappa shape index (κ3) is 10.2. The number of ether oxygens (including phenoxy) is 1. The molecule has 1 aliphatic heterocycles. The highest BCUT2D eigenvalue weighted by molar-refractivity contribution is 14.0. The standard InChI is InChI=1S/C21H36ClN5O.HI/c1-4-23-21(24-10-5-6-12-27-15-13-26(2)14-16-27)25-11-9-18-7-8-19(28-3)17-20(18)22;/h7-8,17H,4-6,9-16H2,1-3H3,(H2,23,24,25);1H. The fourth-order valence-corrected chi connectivity index (χ4v) is 3.49. The number of likely N-dealkylation sites (N-methyl/N-ethyl adjacent to an activating group) is 1. The van der Waals surface area contributed by atoms with Crippen LogP contribution in [0.25, 0.3) is 0 Å². The van der Waals surface area contributed by atoms with Crippen LogP contribution >= 0.6 is 35.6 Å². The normalized spacial score (nSPS) is 15.7. The monoisotopic (exact) mass is 537 g/mol. The van der Waals surface area contributed by atoms with Crippen molar-refractivity contribution in [2.45, 2.75) is 26.2 Å². The van der Waals surface area contributed by atoms with Crippen molar-refractivity contribution in [1.29, 1.82) is 0 Å². The summed E-state index contributed by atoms with van der Waals surface area (Å²) < 4.78 is 5.20. The van der Waals surface area contributed by atoms with Crippen molar-refractivity contribution in [2.75, 3.05) is 66.5 Å². The maximum Gasteiger partial charge on any atom is 0.191 e. The summed E-state index contributed by atoms with van der Waals surface area (Å²) >= 11 is 6.31. The molecular weight excluding hydrogens is 501 g/mol. The Labute approximate surface area is 198 Å². The number of rotatable bonds is 10. The molecule has 166 valence electrons. The summed E-state index contributed by atoms with van der Waals surface area (Å²) in [5.74, 6) is 1.67. The van der Waals surface area contributed by atoms with Gasteiger partial charge in [0, 0.05) is 50.8 Å². The minimum Gasteiger partial charge on any atom is -0.497 e. The van der Waals surface area contributed by atoms with Gasteiger partial charge >= 0.3 is 0 Å². The summed E-state index contributed by atoms with van der Waals surface area (Å²) in [7, 11) is 3.85. The molecular formula is C21H37ClIN5O. The molecule has 6 nitrogen and oxygen atoms in total. The van der Waals surface area contributed by atoms with E-state index in [2.05, 4.69) is 34.4 Å². The lowest BCUT2D eigenvalue weighted by Gasteiger charge is -2.32. The van der Waals surface area contributed by atoms with Crippen molar-refractivity contribution in [3.05, 3.63) is 28.8 Å². The van der Waals surface area contributed by atoms with E-state index >= 15 is 0 Å². The van der Waals surface area contributed by atoms with Crippen molar-refractivity contribution in [3.8, 4) is 5.75 Å². The van der Waals surface area contributed by atoms with Crippen LogP contribution in [0.15, 0.2) is 23.2 Å². The molecule has 0 atom stereocenters. The number of aliphatic imine (C=N–C) groups is 1. The first-order chi connectivity index (χ1) is 13.6. The van der Waals surface area contributed by atoms with E-state index in [0.29, 0.717) is 0 Å². The van der Waals surface area contributed by atoms with Crippen LogP contribution in [0.1, 0.15) is 25.3 Å². The van der Waals surface area contributed by atoms with Crippen LogP contribution < -0.4 is 15.4 Å². The van der Waals surface area contributed by atoms with Gasteiger partial charge in [-0.15, -0.1) is 24.0 Å². The Morgan fingerprint density at radius 3 is 2.59 bits per heavy atom. The molecule has 29 heavy (non-hydrogen) atoms. The van der Waals surface area contributed by atoms with E-state index in [4.69, 9.17) is 21.3 Å². The Hall–Kier alpha value is -0.770. The molecule has 0 unspecified atom stereocenters. The number of guanidine groups is 1. The molecule has 0 radical (unpaired) electrons. The minimum atomic E-state index is 0. The molecule has 0 bridgehead atoms. The molecule has 0 saturated carbocycles. The number of unbranched alkanes of at least 4 members (excludes halogenated alkanes) is 1.